The second-order valence-electron chi connectivity index (χ2n) is 7.15. The molecule has 0 saturated heterocycles. The molecule has 6 nitrogen and oxygen atoms in total. The van der Waals surface area contributed by atoms with Gasteiger partial charge in [-0.15, -0.1) is 0 Å². The molecule has 0 aliphatic carbocycles. The summed E-state index contributed by atoms with van der Waals surface area (Å²) in [7, 11) is 0. The Kier molecular flexibility index (Phi) is 6.73. The zero-order chi connectivity index (χ0) is 22.5. The van der Waals surface area contributed by atoms with Gasteiger partial charge in [-0.2, -0.15) is 0 Å². The van der Waals surface area contributed by atoms with Crippen molar-refractivity contribution in [3.8, 4) is 0 Å². The number of nitrogens with zero attached hydrogens (tertiary/aromatic N) is 2. The third-order valence-corrected chi connectivity index (χ3v) is 5.46. The number of imidazole rings is 1. The fraction of sp³-hybridized carbons (Fsp3) is 0.125. The number of nitrogens with one attached hydrogen (secondary N) is 2. The van der Waals surface area contributed by atoms with E-state index in [0.717, 1.165) is 11.0 Å². The van der Waals surface area contributed by atoms with Crippen molar-refractivity contribution in [2.24, 2.45) is 0 Å². The quantitative estimate of drug-likeness (QED) is 0.404. The molecule has 0 aliphatic heterocycles. The molecule has 0 aliphatic rings. The van der Waals surface area contributed by atoms with E-state index in [9.17, 15) is 9.59 Å². The van der Waals surface area contributed by atoms with Gasteiger partial charge in [0.1, 0.15) is 12.4 Å². The van der Waals surface area contributed by atoms with Crippen LogP contribution in [0.5, 0.6) is 0 Å². The predicted octanol–water partition coefficient (Wildman–Crippen LogP) is 4.95. The van der Waals surface area contributed by atoms with E-state index in [1.54, 1.807) is 48.5 Å². The molecule has 4 aromatic rings. The van der Waals surface area contributed by atoms with E-state index in [0.29, 0.717) is 40.1 Å². The van der Waals surface area contributed by atoms with Crippen LogP contribution in [0.1, 0.15) is 16.2 Å². The van der Waals surface area contributed by atoms with E-state index < -0.39 is 0 Å². The first kappa shape index (κ1) is 21.9. The van der Waals surface area contributed by atoms with Gasteiger partial charge in [0, 0.05) is 23.7 Å². The van der Waals surface area contributed by atoms with Gasteiger partial charge in [0.15, 0.2) is 0 Å². The van der Waals surface area contributed by atoms with Crippen LogP contribution >= 0.6 is 23.2 Å². The number of anilines is 1. The Hall–Kier alpha value is -3.35. The summed E-state index contributed by atoms with van der Waals surface area (Å²) in [6.45, 7) is 0.435. The van der Waals surface area contributed by atoms with Gasteiger partial charge in [0.25, 0.3) is 5.91 Å². The monoisotopic (exact) mass is 466 g/mol. The van der Waals surface area contributed by atoms with Crippen LogP contribution in [0.25, 0.3) is 11.0 Å². The number of halogens is 2. The number of aromatic nitrogens is 2. The highest BCUT2D eigenvalue weighted by molar-refractivity contribution is 6.33. The molecule has 0 saturated carbocycles. The second kappa shape index (κ2) is 9.85. The van der Waals surface area contributed by atoms with Crippen LogP contribution in [-0.4, -0.2) is 27.9 Å². The summed E-state index contributed by atoms with van der Waals surface area (Å²) in [5.74, 6) is 0.251. The number of carbonyl (C=O) groups excluding carboxylic acids is 2. The smallest absolute Gasteiger partial charge is 0.252 e. The average molecular weight is 467 g/mol. The lowest BCUT2D eigenvalue weighted by atomic mass is 10.2. The molecule has 0 radical (unpaired) electrons. The number of hydrogen-bond acceptors (Lipinski definition) is 3. The molecule has 1 heterocycles. The van der Waals surface area contributed by atoms with Gasteiger partial charge >= 0.3 is 0 Å². The maximum atomic E-state index is 12.7. The summed E-state index contributed by atoms with van der Waals surface area (Å²) in [4.78, 5) is 29.8. The molecule has 4 rings (SSSR count). The van der Waals surface area contributed by atoms with Crippen molar-refractivity contribution >= 4 is 51.7 Å². The maximum Gasteiger partial charge on any atom is 0.252 e. The van der Waals surface area contributed by atoms with Crippen molar-refractivity contribution in [2.45, 2.75) is 13.0 Å². The second-order valence-corrected chi connectivity index (χ2v) is 7.99. The van der Waals surface area contributed by atoms with Crippen LogP contribution in [0.15, 0.2) is 72.8 Å². The Bertz CT molecular complexity index is 1290. The highest BCUT2D eigenvalue weighted by atomic mass is 35.5. The van der Waals surface area contributed by atoms with E-state index in [2.05, 4.69) is 15.6 Å². The number of carbonyl (C=O) groups is 2. The molecule has 0 bridgehead atoms. The Balaban J connectivity index is 1.48. The minimum absolute atomic E-state index is 0.0841. The lowest BCUT2D eigenvalue weighted by Gasteiger charge is -2.11. The Morgan fingerprint density at radius 3 is 2.53 bits per heavy atom. The molecule has 0 spiro atoms. The van der Waals surface area contributed by atoms with E-state index in [1.807, 2.05) is 28.8 Å². The summed E-state index contributed by atoms with van der Waals surface area (Å²) in [5, 5.41) is 6.67. The summed E-state index contributed by atoms with van der Waals surface area (Å²) in [6.07, 6.45) is 0.454. The van der Waals surface area contributed by atoms with Gasteiger partial charge < -0.3 is 15.2 Å². The molecule has 2 amide bonds. The molecular weight excluding hydrogens is 447 g/mol. The normalized spacial score (nSPS) is 10.8. The summed E-state index contributed by atoms with van der Waals surface area (Å²) >= 11 is 12.1. The van der Waals surface area contributed by atoms with Crippen molar-refractivity contribution in [3.05, 3.63) is 94.2 Å². The Morgan fingerprint density at radius 1 is 0.938 bits per heavy atom. The molecule has 0 fully saturated rings. The van der Waals surface area contributed by atoms with E-state index in [1.165, 1.54) is 0 Å². The number of para-hydroxylation sites is 2. The Morgan fingerprint density at radius 2 is 1.72 bits per heavy atom. The zero-order valence-corrected chi connectivity index (χ0v) is 18.5. The average Bonchev–Trinajstić information content (AvgIpc) is 3.11. The molecule has 0 unspecified atom stereocenters. The third kappa shape index (κ3) is 5.10. The lowest BCUT2D eigenvalue weighted by molar-refractivity contribution is -0.116. The molecule has 162 valence electrons. The number of benzene rings is 3. The van der Waals surface area contributed by atoms with Crippen molar-refractivity contribution in [1.29, 1.82) is 0 Å². The van der Waals surface area contributed by atoms with Crippen LogP contribution in [0.2, 0.25) is 10.0 Å². The fourth-order valence-corrected chi connectivity index (χ4v) is 3.84. The minimum Gasteiger partial charge on any atom is -0.352 e. The van der Waals surface area contributed by atoms with Gasteiger partial charge in [-0.05, 0) is 42.5 Å². The van der Waals surface area contributed by atoms with Gasteiger partial charge in [-0.25, -0.2) is 4.98 Å². The van der Waals surface area contributed by atoms with Crippen LogP contribution in [0.3, 0.4) is 0 Å². The molecule has 2 N–H and O–H groups in total. The van der Waals surface area contributed by atoms with Gasteiger partial charge in [0.2, 0.25) is 5.91 Å². The van der Waals surface area contributed by atoms with Crippen LogP contribution in [-0.2, 0) is 17.8 Å². The molecule has 1 aromatic heterocycles. The fourth-order valence-electron chi connectivity index (χ4n) is 3.43. The highest BCUT2D eigenvalue weighted by Crippen LogP contribution is 2.19. The van der Waals surface area contributed by atoms with Crippen molar-refractivity contribution in [3.63, 3.8) is 0 Å². The van der Waals surface area contributed by atoms with Gasteiger partial charge in [-0.1, -0.05) is 53.5 Å². The van der Waals surface area contributed by atoms with E-state index >= 15 is 0 Å². The van der Waals surface area contributed by atoms with Crippen LogP contribution in [0.4, 0.5) is 5.69 Å². The van der Waals surface area contributed by atoms with Gasteiger partial charge in [0.05, 0.1) is 21.6 Å². The summed E-state index contributed by atoms with van der Waals surface area (Å²) < 4.78 is 1.86. The first-order valence-electron chi connectivity index (χ1n) is 10.0. The standard InChI is InChI=1S/C24H20Cl2N4O2/c25-16-6-5-7-17(14-16)28-23(31)15-30-21-11-4-3-10-20(21)29-22(30)12-13-27-24(32)18-8-1-2-9-19(18)26/h1-11,14H,12-13,15H2,(H,27,32)(H,28,31). The summed E-state index contributed by atoms with van der Waals surface area (Å²) in [5.41, 5.74) is 2.68. The minimum atomic E-state index is -0.253. The zero-order valence-electron chi connectivity index (χ0n) is 17.0. The van der Waals surface area contributed by atoms with Gasteiger partial charge in [-0.3, -0.25) is 9.59 Å². The SMILES string of the molecule is O=C(Cn1c(CCNC(=O)c2ccccc2Cl)nc2ccccc21)Nc1cccc(Cl)c1. The first-order chi connectivity index (χ1) is 15.5. The van der Waals surface area contributed by atoms with Crippen LogP contribution in [0, 0.1) is 0 Å². The largest absolute Gasteiger partial charge is 0.352 e. The number of fused-ring (bicyclic) bond motifs is 1. The molecule has 8 heteroatoms. The Labute approximate surface area is 195 Å². The van der Waals surface area contributed by atoms with E-state index in [4.69, 9.17) is 23.2 Å². The third-order valence-electron chi connectivity index (χ3n) is 4.90. The van der Waals surface area contributed by atoms with Crippen molar-refractivity contribution in [1.82, 2.24) is 14.9 Å². The summed E-state index contributed by atoms with van der Waals surface area (Å²) in [6, 6.07) is 21.5. The van der Waals surface area contributed by atoms with Crippen LogP contribution < -0.4 is 10.6 Å². The van der Waals surface area contributed by atoms with E-state index in [-0.39, 0.29) is 18.4 Å². The molecule has 0 atom stereocenters. The highest BCUT2D eigenvalue weighted by Gasteiger charge is 2.15. The molecule has 32 heavy (non-hydrogen) atoms. The van der Waals surface area contributed by atoms with Crippen molar-refractivity contribution in [2.75, 3.05) is 11.9 Å². The van der Waals surface area contributed by atoms with Crippen molar-refractivity contribution < 1.29 is 9.59 Å². The predicted molar refractivity (Wildman–Crippen MR) is 127 cm³/mol. The lowest BCUT2D eigenvalue weighted by Crippen LogP contribution is -2.27. The number of hydrogen-bond donors (Lipinski definition) is 2. The maximum absolute atomic E-state index is 12.7. The topological polar surface area (TPSA) is 76.0 Å². The number of rotatable bonds is 7. The number of amides is 2. The first-order valence-corrected chi connectivity index (χ1v) is 10.8. The molecular formula is C24H20Cl2N4O2. The molecule has 3 aromatic carbocycles.